The van der Waals surface area contributed by atoms with Crippen LogP contribution < -0.4 is 5.32 Å². The number of ether oxygens (including phenoxy) is 1. The van der Waals surface area contributed by atoms with E-state index < -0.39 is 6.09 Å². The van der Waals surface area contributed by atoms with Gasteiger partial charge in [-0.25, -0.2) is 0 Å². The molecule has 0 saturated heterocycles. The SMILES string of the molecule is C[C@@H](N=C([Se])[C@H](Cc1ccccc1)NC(=O)OCC1c2ccccc2-c2ccccc21)c1ccccc1. The van der Waals surface area contributed by atoms with E-state index in [-0.39, 0.29) is 24.6 Å². The van der Waals surface area contributed by atoms with E-state index in [1.807, 2.05) is 48.5 Å². The summed E-state index contributed by atoms with van der Waals surface area (Å²) in [6.07, 6.45) is 0.163. The van der Waals surface area contributed by atoms with Crippen molar-refractivity contribution in [2.45, 2.75) is 31.3 Å². The van der Waals surface area contributed by atoms with Gasteiger partial charge in [0.25, 0.3) is 0 Å². The first kappa shape index (κ1) is 25.0. The molecule has 37 heavy (non-hydrogen) atoms. The molecule has 1 amide bonds. The zero-order valence-electron chi connectivity index (χ0n) is 20.7. The molecule has 4 nitrogen and oxygen atoms in total. The van der Waals surface area contributed by atoms with E-state index in [1.54, 1.807) is 0 Å². The Labute approximate surface area is 226 Å². The van der Waals surface area contributed by atoms with Crippen LogP contribution in [0.3, 0.4) is 0 Å². The molecule has 1 radical (unpaired) electrons. The summed E-state index contributed by atoms with van der Waals surface area (Å²) in [5, 5.41) is 3.07. The van der Waals surface area contributed by atoms with E-state index in [1.165, 1.54) is 22.3 Å². The van der Waals surface area contributed by atoms with Crippen LogP contribution in [-0.4, -0.2) is 39.4 Å². The van der Waals surface area contributed by atoms with Crippen LogP contribution in [0.1, 0.15) is 41.1 Å². The predicted octanol–water partition coefficient (Wildman–Crippen LogP) is 6.46. The van der Waals surface area contributed by atoms with Crippen molar-refractivity contribution < 1.29 is 9.53 Å². The third-order valence-corrected chi connectivity index (χ3v) is 7.64. The number of aliphatic imine (C=N–C) groups is 1. The summed E-state index contributed by atoms with van der Waals surface area (Å²) in [4.78, 5) is 18.0. The topological polar surface area (TPSA) is 50.7 Å². The summed E-state index contributed by atoms with van der Waals surface area (Å²) in [6, 6.07) is 36.6. The molecule has 0 aliphatic heterocycles. The Morgan fingerprint density at radius 1 is 0.838 bits per heavy atom. The van der Waals surface area contributed by atoms with Crippen molar-refractivity contribution in [1.29, 1.82) is 0 Å². The number of carbonyl (C=O) groups excluding carboxylic acids is 1. The zero-order valence-corrected chi connectivity index (χ0v) is 22.4. The number of alkyl carbamates (subject to hydrolysis) is 1. The first-order chi connectivity index (χ1) is 18.1. The molecule has 1 aliphatic carbocycles. The third kappa shape index (κ3) is 5.85. The van der Waals surface area contributed by atoms with Crippen LogP contribution in [-0.2, 0) is 11.2 Å². The van der Waals surface area contributed by atoms with E-state index >= 15 is 0 Å². The Morgan fingerprint density at radius 2 is 1.38 bits per heavy atom. The van der Waals surface area contributed by atoms with Gasteiger partial charge in [-0.05, 0) is 0 Å². The Kier molecular flexibility index (Phi) is 7.84. The van der Waals surface area contributed by atoms with Crippen LogP contribution in [0.25, 0.3) is 11.1 Å². The molecular weight excluding hydrogens is 523 g/mol. The maximum absolute atomic E-state index is 13.1. The quantitative estimate of drug-likeness (QED) is 0.201. The standard InChI is InChI=1S/C32H29N2O2Se/c1-22(24-14-6-3-7-15-24)33-31(37)30(20-23-12-4-2-5-13-23)34-32(35)36-21-29-27-18-10-8-16-25(27)26-17-9-11-19-28(26)29/h2-19,22,29-30H,20-21H2,1H3,(H,34,35)/t22-,30+/m1/s1. The van der Waals surface area contributed by atoms with Crippen molar-refractivity contribution in [2.75, 3.05) is 6.61 Å². The molecule has 0 heterocycles. The van der Waals surface area contributed by atoms with Gasteiger partial charge < -0.3 is 0 Å². The Balaban J connectivity index is 1.31. The van der Waals surface area contributed by atoms with Crippen molar-refractivity contribution in [1.82, 2.24) is 5.32 Å². The Morgan fingerprint density at radius 3 is 2.00 bits per heavy atom. The first-order valence-electron chi connectivity index (χ1n) is 12.5. The minimum atomic E-state index is -0.446. The van der Waals surface area contributed by atoms with Gasteiger partial charge in [0.2, 0.25) is 0 Å². The summed E-state index contributed by atoms with van der Waals surface area (Å²) in [6.45, 7) is 2.33. The molecule has 2 atom stereocenters. The van der Waals surface area contributed by atoms with Crippen molar-refractivity contribution in [3.05, 3.63) is 131 Å². The number of hydrogen-bond acceptors (Lipinski definition) is 3. The van der Waals surface area contributed by atoms with Crippen LogP contribution in [0.4, 0.5) is 4.79 Å². The number of nitrogens with one attached hydrogen (secondary N) is 1. The van der Waals surface area contributed by atoms with Crippen LogP contribution in [0.15, 0.2) is 114 Å². The van der Waals surface area contributed by atoms with Crippen molar-refractivity contribution in [3.8, 4) is 11.1 Å². The molecule has 0 fully saturated rings. The van der Waals surface area contributed by atoms with Gasteiger partial charge in [0.05, 0.1) is 0 Å². The van der Waals surface area contributed by atoms with E-state index in [0.29, 0.717) is 6.42 Å². The average molecular weight is 553 g/mol. The van der Waals surface area contributed by atoms with Crippen LogP contribution >= 0.6 is 0 Å². The van der Waals surface area contributed by atoms with E-state index in [9.17, 15) is 4.79 Å². The summed E-state index contributed by atoms with van der Waals surface area (Å²) < 4.78 is 6.57. The summed E-state index contributed by atoms with van der Waals surface area (Å²) in [7, 11) is 0. The first-order valence-corrected chi connectivity index (χ1v) is 13.4. The third-order valence-electron chi connectivity index (χ3n) is 6.82. The van der Waals surface area contributed by atoms with Crippen LogP contribution in [0.5, 0.6) is 0 Å². The van der Waals surface area contributed by atoms with Gasteiger partial charge >= 0.3 is 227 Å². The average Bonchev–Trinajstić information content (AvgIpc) is 3.26. The van der Waals surface area contributed by atoms with Gasteiger partial charge in [0, 0.05) is 0 Å². The second-order valence-corrected chi connectivity index (χ2v) is 10.1. The molecule has 185 valence electrons. The molecule has 4 aromatic carbocycles. The van der Waals surface area contributed by atoms with Gasteiger partial charge in [0.1, 0.15) is 0 Å². The van der Waals surface area contributed by atoms with Gasteiger partial charge in [-0.1, -0.05) is 0 Å². The zero-order chi connectivity index (χ0) is 25.6. The molecule has 0 unspecified atom stereocenters. The van der Waals surface area contributed by atoms with Gasteiger partial charge in [-0.15, -0.1) is 0 Å². The molecule has 0 saturated carbocycles. The fourth-order valence-corrected chi connectivity index (χ4v) is 5.55. The normalized spacial score (nSPS) is 14.4. The second-order valence-electron chi connectivity index (χ2n) is 9.27. The predicted molar refractivity (Wildman–Crippen MR) is 150 cm³/mol. The second kappa shape index (κ2) is 11.6. The number of nitrogens with zero attached hydrogens (tertiary/aromatic N) is 1. The van der Waals surface area contributed by atoms with Crippen molar-refractivity contribution in [3.63, 3.8) is 0 Å². The Bertz CT molecular complexity index is 1340. The molecule has 0 bridgehead atoms. The molecule has 0 aromatic heterocycles. The molecule has 5 rings (SSSR count). The van der Waals surface area contributed by atoms with E-state index in [0.717, 1.165) is 15.7 Å². The number of carbonyl (C=O) groups is 1. The summed E-state index contributed by atoms with van der Waals surface area (Å²) in [5.74, 6) is 0.0187. The number of benzene rings is 4. The van der Waals surface area contributed by atoms with Crippen LogP contribution in [0.2, 0.25) is 0 Å². The number of rotatable bonds is 8. The number of fused-ring (bicyclic) bond motifs is 3. The van der Waals surface area contributed by atoms with Gasteiger partial charge in [0.15, 0.2) is 0 Å². The maximum atomic E-state index is 13.1. The van der Waals surface area contributed by atoms with Gasteiger partial charge in [-0.3, -0.25) is 0 Å². The van der Waals surface area contributed by atoms with E-state index in [4.69, 9.17) is 9.73 Å². The fraction of sp³-hybridized carbons (Fsp3) is 0.188. The number of hydrogen-bond donors (Lipinski definition) is 1. The van der Waals surface area contributed by atoms with Crippen molar-refractivity contribution >= 4 is 26.7 Å². The van der Waals surface area contributed by atoms with Gasteiger partial charge in [-0.2, -0.15) is 0 Å². The molecule has 5 heteroatoms. The van der Waals surface area contributed by atoms with Crippen molar-refractivity contribution in [2.24, 2.45) is 4.99 Å². The molecular formula is C32H29N2O2Se. The molecule has 1 N–H and O–H groups in total. The summed E-state index contributed by atoms with van der Waals surface area (Å²) >= 11 is 3.11. The minimum absolute atomic E-state index is 0.0187. The van der Waals surface area contributed by atoms with Crippen LogP contribution in [0, 0.1) is 0 Å². The molecule has 4 aromatic rings. The Hall–Kier alpha value is -3.66. The fourth-order valence-electron chi connectivity index (χ4n) is 4.92. The summed E-state index contributed by atoms with van der Waals surface area (Å²) in [5.41, 5.74) is 7.04. The number of amides is 1. The molecule has 0 spiro atoms. The molecule has 1 aliphatic rings. The van der Waals surface area contributed by atoms with E-state index in [2.05, 4.69) is 88.9 Å². The monoisotopic (exact) mass is 553 g/mol.